The second kappa shape index (κ2) is 7.15. The molecule has 0 saturated carbocycles. The Bertz CT molecular complexity index is 883. The molecule has 0 unspecified atom stereocenters. The first-order chi connectivity index (χ1) is 11.7. The van der Waals surface area contributed by atoms with Gasteiger partial charge in [0, 0.05) is 36.5 Å². The number of aromatic nitrogens is 3. The van der Waals surface area contributed by atoms with Gasteiger partial charge in [0.1, 0.15) is 0 Å². The van der Waals surface area contributed by atoms with Gasteiger partial charge in [-0.2, -0.15) is 5.26 Å². The zero-order valence-electron chi connectivity index (χ0n) is 12.6. The van der Waals surface area contributed by atoms with Crippen molar-refractivity contribution in [3.05, 3.63) is 60.2 Å². The number of amides is 1. The number of aryl methyl sites for hydroxylation is 1. The number of anilines is 1. The van der Waals surface area contributed by atoms with E-state index in [2.05, 4.69) is 20.5 Å². The Labute approximate surface area is 138 Å². The average molecular weight is 319 g/mol. The maximum Gasteiger partial charge on any atom is 0.247 e. The van der Waals surface area contributed by atoms with Crippen LogP contribution in [-0.2, 0) is 11.2 Å². The summed E-state index contributed by atoms with van der Waals surface area (Å²) in [6.07, 6.45) is 3.82. The van der Waals surface area contributed by atoms with Gasteiger partial charge in [0.15, 0.2) is 0 Å². The first-order valence-electron chi connectivity index (χ1n) is 7.27. The van der Waals surface area contributed by atoms with Crippen LogP contribution >= 0.6 is 0 Å². The van der Waals surface area contributed by atoms with Gasteiger partial charge < -0.3 is 9.73 Å². The monoisotopic (exact) mass is 319 g/mol. The van der Waals surface area contributed by atoms with Crippen molar-refractivity contribution >= 4 is 11.6 Å². The van der Waals surface area contributed by atoms with Crippen LogP contribution in [0.3, 0.4) is 0 Å². The van der Waals surface area contributed by atoms with Crippen molar-refractivity contribution in [3.8, 4) is 17.5 Å². The van der Waals surface area contributed by atoms with Gasteiger partial charge in [0.25, 0.3) is 0 Å². The molecular formula is C17H13N5O2. The number of benzene rings is 1. The number of rotatable bonds is 5. The number of hydrogen-bond donors (Lipinski definition) is 1. The quantitative estimate of drug-likeness (QED) is 0.775. The summed E-state index contributed by atoms with van der Waals surface area (Å²) in [5.41, 5.74) is 1.86. The van der Waals surface area contributed by atoms with Crippen LogP contribution in [0.1, 0.15) is 17.9 Å². The van der Waals surface area contributed by atoms with E-state index in [0.717, 1.165) is 5.56 Å². The number of pyridine rings is 1. The molecule has 1 amide bonds. The molecule has 2 aromatic heterocycles. The highest BCUT2D eigenvalue weighted by atomic mass is 16.4. The van der Waals surface area contributed by atoms with Gasteiger partial charge >= 0.3 is 0 Å². The van der Waals surface area contributed by atoms with Gasteiger partial charge in [-0.15, -0.1) is 10.2 Å². The van der Waals surface area contributed by atoms with E-state index in [-0.39, 0.29) is 12.3 Å². The van der Waals surface area contributed by atoms with E-state index in [1.807, 2.05) is 6.07 Å². The zero-order valence-corrected chi connectivity index (χ0v) is 12.6. The summed E-state index contributed by atoms with van der Waals surface area (Å²) >= 11 is 0. The Hall–Kier alpha value is -3.53. The van der Waals surface area contributed by atoms with E-state index < -0.39 is 0 Å². The minimum absolute atomic E-state index is 0.186. The van der Waals surface area contributed by atoms with Crippen molar-refractivity contribution < 1.29 is 9.21 Å². The highest BCUT2D eigenvalue weighted by molar-refractivity contribution is 5.90. The number of hydrogen-bond acceptors (Lipinski definition) is 6. The molecule has 0 atom stereocenters. The highest BCUT2D eigenvalue weighted by Gasteiger charge is 2.10. The van der Waals surface area contributed by atoms with Crippen LogP contribution in [0.5, 0.6) is 0 Å². The van der Waals surface area contributed by atoms with Crippen molar-refractivity contribution in [1.29, 1.82) is 5.26 Å². The Balaban J connectivity index is 1.57. The molecule has 0 aliphatic carbocycles. The molecule has 0 bridgehead atoms. The Kier molecular flexibility index (Phi) is 4.58. The normalized spacial score (nSPS) is 10.1. The number of carbonyl (C=O) groups excluding carboxylic acids is 1. The zero-order chi connectivity index (χ0) is 16.8. The first kappa shape index (κ1) is 15.4. The lowest BCUT2D eigenvalue weighted by Gasteiger charge is -2.04. The Morgan fingerprint density at radius 2 is 2.04 bits per heavy atom. The van der Waals surface area contributed by atoms with Crippen LogP contribution in [0.4, 0.5) is 5.69 Å². The lowest BCUT2D eigenvalue weighted by Crippen LogP contribution is -2.12. The van der Waals surface area contributed by atoms with Gasteiger partial charge in [0.2, 0.25) is 17.7 Å². The maximum absolute atomic E-state index is 12.0. The maximum atomic E-state index is 12.0. The number of nitrogens with one attached hydrogen (secondary N) is 1. The van der Waals surface area contributed by atoms with E-state index >= 15 is 0 Å². The molecule has 3 rings (SSSR count). The SMILES string of the molecule is N#Cc1cccc(NC(=O)CCc2nnc(-c3ccncc3)o2)c1. The predicted molar refractivity (Wildman–Crippen MR) is 85.6 cm³/mol. The topological polar surface area (TPSA) is 105 Å². The van der Waals surface area contributed by atoms with Crippen LogP contribution in [0.2, 0.25) is 0 Å². The van der Waals surface area contributed by atoms with Crippen LogP contribution < -0.4 is 5.32 Å². The average Bonchev–Trinajstić information content (AvgIpc) is 3.10. The molecular weight excluding hydrogens is 306 g/mol. The summed E-state index contributed by atoms with van der Waals surface area (Å²) in [6, 6.07) is 12.3. The molecule has 0 spiro atoms. The third-order valence-electron chi connectivity index (χ3n) is 3.24. The molecule has 0 aliphatic heterocycles. The van der Waals surface area contributed by atoms with Crippen molar-refractivity contribution in [3.63, 3.8) is 0 Å². The third kappa shape index (κ3) is 3.81. The van der Waals surface area contributed by atoms with E-state index in [9.17, 15) is 4.79 Å². The fraction of sp³-hybridized carbons (Fsp3) is 0.118. The van der Waals surface area contributed by atoms with Gasteiger partial charge in [-0.1, -0.05) is 6.07 Å². The largest absolute Gasteiger partial charge is 0.421 e. The minimum Gasteiger partial charge on any atom is -0.421 e. The highest BCUT2D eigenvalue weighted by Crippen LogP contribution is 2.17. The van der Waals surface area contributed by atoms with Gasteiger partial charge in [-0.3, -0.25) is 9.78 Å². The van der Waals surface area contributed by atoms with Crippen LogP contribution in [0.15, 0.2) is 53.2 Å². The minimum atomic E-state index is -0.186. The molecule has 0 saturated heterocycles. The predicted octanol–water partition coefficient (Wildman–Crippen LogP) is 2.57. The van der Waals surface area contributed by atoms with Crippen LogP contribution in [0.25, 0.3) is 11.5 Å². The lowest BCUT2D eigenvalue weighted by atomic mass is 10.2. The molecule has 0 aliphatic rings. The molecule has 2 heterocycles. The summed E-state index contributed by atoms with van der Waals surface area (Å²) in [6.45, 7) is 0. The fourth-order valence-corrected chi connectivity index (χ4v) is 2.08. The van der Waals surface area contributed by atoms with Gasteiger partial charge in [-0.25, -0.2) is 0 Å². The van der Waals surface area contributed by atoms with Crippen LogP contribution in [-0.4, -0.2) is 21.1 Å². The van der Waals surface area contributed by atoms with Gasteiger partial charge in [0.05, 0.1) is 11.6 Å². The van der Waals surface area contributed by atoms with E-state index in [1.165, 1.54) is 0 Å². The molecule has 7 nitrogen and oxygen atoms in total. The summed E-state index contributed by atoms with van der Waals surface area (Å²) in [5, 5.41) is 19.5. The lowest BCUT2D eigenvalue weighted by molar-refractivity contribution is -0.116. The molecule has 0 radical (unpaired) electrons. The van der Waals surface area contributed by atoms with Crippen LogP contribution in [0, 0.1) is 11.3 Å². The summed E-state index contributed by atoms with van der Waals surface area (Å²) in [7, 11) is 0. The number of nitriles is 1. The Morgan fingerprint density at radius 3 is 2.83 bits per heavy atom. The summed E-state index contributed by atoms with van der Waals surface area (Å²) in [4.78, 5) is 15.9. The van der Waals surface area contributed by atoms with E-state index in [4.69, 9.17) is 9.68 Å². The molecule has 1 aromatic carbocycles. The summed E-state index contributed by atoms with van der Waals surface area (Å²) < 4.78 is 5.53. The molecule has 1 N–H and O–H groups in total. The Morgan fingerprint density at radius 1 is 1.21 bits per heavy atom. The second-order valence-corrected chi connectivity index (χ2v) is 4.98. The first-order valence-corrected chi connectivity index (χ1v) is 7.27. The number of nitrogens with zero attached hydrogens (tertiary/aromatic N) is 4. The molecule has 0 fully saturated rings. The standard InChI is InChI=1S/C17H13N5O2/c18-11-12-2-1-3-14(10-12)20-15(23)4-5-16-21-22-17(24-16)13-6-8-19-9-7-13/h1-3,6-10H,4-5H2,(H,20,23). The molecule has 118 valence electrons. The van der Waals surface area contributed by atoms with Crippen molar-refractivity contribution in [2.75, 3.05) is 5.32 Å². The number of carbonyl (C=O) groups is 1. The fourth-order valence-electron chi connectivity index (χ4n) is 2.08. The second-order valence-electron chi connectivity index (χ2n) is 4.98. The molecule has 7 heteroatoms. The molecule has 24 heavy (non-hydrogen) atoms. The summed E-state index contributed by atoms with van der Waals surface area (Å²) in [5.74, 6) is 0.603. The third-order valence-corrected chi connectivity index (χ3v) is 3.24. The van der Waals surface area contributed by atoms with Crippen molar-refractivity contribution in [2.45, 2.75) is 12.8 Å². The van der Waals surface area contributed by atoms with E-state index in [0.29, 0.717) is 29.5 Å². The molecule has 3 aromatic rings. The van der Waals surface area contributed by atoms with Crippen molar-refractivity contribution in [2.24, 2.45) is 0 Å². The smallest absolute Gasteiger partial charge is 0.247 e. The van der Waals surface area contributed by atoms with Gasteiger partial charge in [-0.05, 0) is 30.3 Å². The van der Waals surface area contributed by atoms with E-state index in [1.54, 1.807) is 48.8 Å². The van der Waals surface area contributed by atoms with Crippen molar-refractivity contribution in [1.82, 2.24) is 15.2 Å².